The third kappa shape index (κ3) is 2.92. The molecule has 0 saturated carbocycles. The summed E-state index contributed by atoms with van der Waals surface area (Å²) in [4.78, 5) is 4.15. The van der Waals surface area contributed by atoms with Gasteiger partial charge in [0.1, 0.15) is 0 Å². The summed E-state index contributed by atoms with van der Waals surface area (Å²) < 4.78 is 5.25. The number of hydrogen-bond donors (Lipinski definition) is 2. The molecule has 0 fully saturated rings. The molecule has 1 aromatic heterocycles. The van der Waals surface area contributed by atoms with Crippen LogP contribution in [-0.2, 0) is 4.74 Å². The molecule has 3 N–H and O–H groups in total. The van der Waals surface area contributed by atoms with Crippen molar-refractivity contribution in [2.75, 3.05) is 13.2 Å². The molecule has 78 valence electrons. The minimum absolute atomic E-state index is 0.163. The molecule has 0 aliphatic carbocycles. The van der Waals surface area contributed by atoms with E-state index in [1.54, 1.807) is 18.3 Å². The smallest absolute Gasteiger partial charge is 0.0880 e. The second-order valence-corrected chi connectivity index (χ2v) is 3.16. The maximum absolute atomic E-state index is 5.96. The van der Waals surface area contributed by atoms with Crippen LogP contribution in [0.15, 0.2) is 18.3 Å². The number of nitrogens with zero attached hydrogens (tertiary/aromatic N) is 1. The average Bonchev–Trinajstić information content (AvgIpc) is 2.21. The summed E-state index contributed by atoms with van der Waals surface area (Å²) in [7, 11) is 0. The molecule has 0 aliphatic heterocycles. The molecule has 1 rings (SSSR count). The van der Waals surface area contributed by atoms with Crippen molar-refractivity contribution < 1.29 is 4.74 Å². The summed E-state index contributed by atoms with van der Waals surface area (Å²) in [5.74, 6) is 5.39. The maximum atomic E-state index is 5.96. The van der Waals surface area contributed by atoms with Crippen LogP contribution in [0.1, 0.15) is 18.7 Å². The van der Waals surface area contributed by atoms with E-state index in [4.69, 9.17) is 22.2 Å². The summed E-state index contributed by atoms with van der Waals surface area (Å²) >= 11 is 5.96. The highest BCUT2D eigenvalue weighted by molar-refractivity contribution is 6.31. The highest BCUT2D eigenvalue weighted by Crippen LogP contribution is 2.19. The lowest BCUT2D eigenvalue weighted by atomic mass is 10.2. The second kappa shape index (κ2) is 5.93. The van der Waals surface area contributed by atoms with E-state index in [-0.39, 0.29) is 6.04 Å². The lowest BCUT2D eigenvalue weighted by Crippen LogP contribution is -2.32. The fraction of sp³-hybridized carbons (Fsp3) is 0.444. The summed E-state index contributed by atoms with van der Waals surface area (Å²) in [6, 6.07) is 3.39. The van der Waals surface area contributed by atoms with Crippen LogP contribution in [0.5, 0.6) is 0 Å². The van der Waals surface area contributed by atoms with Gasteiger partial charge in [0.25, 0.3) is 0 Å². The summed E-state index contributed by atoms with van der Waals surface area (Å²) in [6.07, 6.45) is 1.68. The number of pyridine rings is 1. The highest BCUT2D eigenvalue weighted by atomic mass is 35.5. The van der Waals surface area contributed by atoms with E-state index >= 15 is 0 Å². The van der Waals surface area contributed by atoms with Gasteiger partial charge in [-0.15, -0.1) is 0 Å². The molecule has 1 unspecified atom stereocenters. The largest absolute Gasteiger partial charge is 0.380 e. The lowest BCUT2D eigenvalue weighted by Gasteiger charge is -2.15. The zero-order valence-corrected chi connectivity index (χ0v) is 8.79. The second-order valence-electron chi connectivity index (χ2n) is 2.75. The molecule has 14 heavy (non-hydrogen) atoms. The molecule has 4 nitrogen and oxygen atoms in total. The number of rotatable bonds is 5. The van der Waals surface area contributed by atoms with Crippen LogP contribution in [0.2, 0.25) is 5.02 Å². The number of nitrogens with one attached hydrogen (secondary N) is 1. The Kier molecular flexibility index (Phi) is 4.82. The third-order valence-electron chi connectivity index (χ3n) is 1.81. The maximum Gasteiger partial charge on any atom is 0.0880 e. The number of ether oxygens (including phenoxy) is 1. The molecule has 0 aliphatic rings. The number of halogens is 1. The monoisotopic (exact) mass is 215 g/mol. The molecule has 0 saturated heterocycles. The first-order valence-corrected chi connectivity index (χ1v) is 4.81. The first-order valence-electron chi connectivity index (χ1n) is 4.43. The minimum Gasteiger partial charge on any atom is -0.380 e. The Morgan fingerprint density at radius 3 is 3.07 bits per heavy atom. The van der Waals surface area contributed by atoms with E-state index in [1.165, 1.54) is 0 Å². The third-order valence-corrected chi connectivity index (χ3v) is 2.13. The van der Waals surface area contributed by atoms with Gasteiger partial charge in [-0.1, -0.05) is 11.6 Å². The summed E-state index contributed by atoms with van der Waals surface area (Å²) in [5.41, 5.74) is 3.34. The number of nitrogens with two attached hydrogens (primary N) is 1. The Labute approximate surface area is 88.4 Å². The lowest BCUT2D eigenvalue weighted by molar-refractivity contribution is 0.122. The fourth-order valence-corrected chi connectivity index (χ4v) is 1.35. The first-order chi connectivity index (χ1) is 6.79. The van der Waals surface area contributed by atoms with Crippen molar-refractivity contribution >= 4 is 11.6 Å². The minimum atomic E-state index is -0.163. The van der Waals surface area contributed by atoms with Crippen molar-refractivity contribution in [3.05, 3.63) is 29.0 Å². The van der Waals surface area contributed by atoms with Crippen LogP contribution in [0.3, 0.4) is 0 Å². The predicted octanol–water partition coefficient (Wildman–Crippen LogP) is 1.28. The van der Waals surface area contributed by atoms with E-state index in [0.717, 1.165) is 0 Å². The molecular formula is C9H14ClN3O. The molecule has 5 heteroatoms. The molecule has 0 spiro atoms. The van der Waals surface area contributed by atoms with Gasteiger partial charge < -0.3 is 4.74 Å². The van der Waals surface area contributed by atoms with E-state index < -0.39 is 0 Å². The van der Waals surface area contributed by atoms with Crippen LogP contribution < -0.4 is 11.3 Å². The van der Waals surface area contributed by atoms with E-state index in [0.29, 0.717) is 23.9 Å². The van der Waals surface area contributed by atoms with Gasteiger partial charge in [-0.05, 0) is 19.1 Å². The normalized spacial score (nSPS) is 12.8. The number of hydrazine groups is 1. The standard InChI is InChI=1S/C9H14ClN3O/c1-2-14-6-8(13-11)9-7(10)4-3-5-12-9/h3-5,8,13H,2,6,11H2,1H3. The molecule has 0 amide bonds. The van der Waals surface area contributed by atoms with E-state index in [2.05, 4.69) is 10.4 Å². The molecule has 1 atom stereocenters. The molecular weight excluding hydrogens is 202 g/mol. The van der Waals surface area contributed by atoms with Crippen molar-refractivity contribution in [2.24, 2.45) is 5.84 Å². The fourth-order valence-electron chi connectivity index (χ4n) is 1.10. The summed E-state index contributed by atoms with van der Waals surface area (Å²) in [6.45, 7) is 3.03. The average molecular weight is 216 g/mol. The van der Waals surface area contributed by atoms with Crippen molar-refractivity contribution in [1.82, 2.24) is 10.4 Å². The predicted molar refractivity (Wildman–Crippen MR) is 55.8 cm³/mol. The highest BCUT2D eigenvalue weighted by Gasteiger charge is 2.13. The van der Waals surface area contributed by atoms with Crippen LogP contribution in [0, 0.1) is 0 Å². The molecule has 0 radical (unpaired) electrons. The van der Waals surface area contributed by atoms with Gasteiger partial charge >= 0.3 is 0 Å². The van der Waals surface area contributed by atoms with Crippen molar-refractivity contribution in [2.45, 2.75) is 13.0 Å². The van der Waals surface area contributed by atoms with Crippen molar-refractivity contribution in [1.29, 1.82) is 0 Å². The molecule has 0 aromatic carbocycles. The first kappa shape index (κ1) is 11.4. The molecule has 1 aromatic rings. The van der Waals surface area contributed by atoms with E-state index in [9.17, 15) is 0 Å². The van der Waals surface area contributed by atoms with Gasteiger partial charge in [-0.2, -0.15) is 0 Å². The van der Waals surface area contributed by atoms with Gasteiger partial charge in [0.2, 0.25) is 0 Å². The Morgan fingerprint density at radius 2 is 2.50 bits per heavy atom. The summed E-state index contributed by atoms with van der Waals surface area (Å²) in [5, 5.41) is 0.593. The molecule has 1 heterocycles. The van der Waals surface area contributed by atoms with E-state index in [1.807, 2.05) is 6.92 Å². The van der Waals surface area contributed by atoms with Gasteiger partial charge in [0, 0.05) is 12.8 Å². The zero-order valence-electron chi connectivity index (χ0n) is 8.03. The van der Waals surface area contributed by atoms with Gasteiger partial charge in [0.05, 0.1) is 23.4 Å². The Hall–Kier alpha value is -0.680. The zero-order chi connectivity index (χ0) is 10.4. The van der Waals surface area contributed by atoms with Gasteiger partial charge in [0.15, 0.2) is 0 Å². The Bertz CT molecular complexity index is 283. The van der Waals surface area contributed by atoms with Crippen molar-refractivity contribution in [3.8, 4) is 0 Å². The van der Waals surface area contributed by atoms with Gasteiger partial charge in [-0.3, -0.25) is 10.8 Å². The topological polar surface area (TPSA) is 60.2 Å². The Morgan fingerprint density at radius 1 is 1.71 bits per heavy atom. The van der Waals surface area contributed by atoms with Crippen LogP contribution in [-0.4, -0.2) is 18.2 Å². The SMILES string of the molecule is CCOCC(NN)c1ncccc1Cl. The van der Waals surface area contributed by atoms with Crippen molar-refractivity contribution in [3.63, 3.8) is 0 Å². The molecule has 0 bridgehead atoms. The number of hydrogen-bond acceptors (Lipinski definition) is 4. The van der Waals surface area contributed by atoms with Crippen LogP contribution in [0.4, 0.5) is 0 Å². The number of aromatic nitrogens is 1. The van der Waals surface area contributed by atoms with Crippen LogP contribution >= 0.6 is 11.6 Å². The van der Waals surface area contributed by atoms with Crippen LogP contribution in [0.25, 0.3) is 0 Å². The van der Waals surface area contributed by atoms with Gasteiger partial charge in [-0.25, -0.2) is 5.43 Å². The Balaban J connectivity index is 2.73. The quantitative estimate of drug-likeness (QED) is 0.574.